The molecule has 0 aromatic carbocycles. The molecule has 0 spiro atoms. The van der Waals surface area contributed by atoms with E-state index in [-0.39, 0.29) is 6.04 Å². The second kappa shape index (κ2) is 5.27. The topological polar surface area (TPSA) is 60.2 Å². The van der Waals surface area contributed by atoms with Gasteiger partial charge in [-0.05, 0) is 24.8 Å². The largest absolute Gasteiger partial charge is 0.481 e. The number of rotatable bonds is 6. The number of nitrogens with zero attached hydrogens (tertiary/aromatic N) is 1. The highest BCUT2D eigenvalue weighted by atomic mass is 16.5. The van der Waals surface area contributed by atoms with Gasteiger partial charge in [0, 0.05) is 11.8 Å². The third kappa shape index (κ3) is 2.71. The van der Waals surface area contributed by atoms with Crippen molar-refractivity contribution >= 4 is 0 Å². The van der Waals surface area contributed by atoms with E-state index in [2.05, 4.69) is 10.4 Å². The van der Waals surface area contributed by atoms with Gasteiger partial charge in [-0.3, -0.25) is 11.3 Å². The SMILES string of the molecule is COc1ncccc1C(CCC1CC1)NN. The van der Waals surface area contributed by atoms with Crippen molar-refractivity contribution in [3.05, 3.63) is 23.9 Å². The molecular weight excluding hydrogens is 202 g/mol. The maximum atomic E-state index is 5.60. The summed E-state index contributed by atoms with van der Waals surface area (Å²) < 4.78 is 5.24. The lowest BCUT2D eigenvalue weighted by Crippen LogP contribution is -2.28. The Labute approximate surface area is 96.2 Å². The van der Waals surface area contributed by atoms with Gasteiger partial charge in [0.15, 0.2) is 0 Å². The molecule has 1 heterocycles. The van der Waals surface area contributed by atoms with Crippen LogP contribution in [-0.2, 0) is 0 Å². The van der Waals surface area contributed by atoms with Gasteiger partial charge in [-0.1, -0.05) is 18.9 Å². The number of hydrazine groups is 1. The lowest BCUT2D eigenvalue weighted by atomic mass is 10.0. The average molecular weight is 221 g/mol. The quantitative estimate of drug-likeness (QED) is 0.568. The van der Waals surface area contributed by atoms with Gasteiger partial charge in [0.2, 0.25) is 5.88 Å². The van der Waals surface area contributed by atoms with Crippen LogP contribution in [0.25, 0.3) is 0 Å². The summed E-state index contributed by atoms with van der Waals surface area (Å²) >= 11 is 0. The number of aromatic nitrogens is 1. The van der Waals surface area contributed by atoms with Gasteiger partial charge in [-0.15, -0.1) is 0 Å². The zero-order chi connectivity index (χ0) is 11.4. The van der Waals surface area contributed by atoms with Gasteiger partial charge in [-0.25, -0.2) is 4.98 Å². The van der Waals surface area contributed by atoms with Crippen LogP contribution < -0.4 is 16.0 Å². The molecule has 0 aliphatic heterocycles. The Bertz CT molecular complexity index is 339. The first-order chi connectivity index (χ1) is 7.85. The first-order valence-electron chi connectivity index (χ1n) is 5.80. The Morgan fingerprint density at radius 3 is 3.06 bits per heavy atom. The van der Waals surface area contributed by atoms with Crippen LogP contribution in [0.15, 0.2) is 18.3 Å². The molecule has 4 heteroatoms. The van der Waals surface area contributed by atoms with Gasteiger partial charge in [0.1, 0.15) is 0 Å². The van der Waals surface area contributed by atoms with Gasteiger partial charge in [0.05, 0.1) is 13.2 Å². The molecule has 88 valence electrons. The monoisotopic (exact) mass is 221 g/mol. The lowest BCUT2D eigenvalue weighted by molar-refractivity contribution is 0.377. The minimum atomic E-state index is 0.143. The molecule has 1 aliphatic rings. The summed E-state index contributed by atoms with van der Waals surface area (Å²) in [7, 11) is 1.64. The Balaban J connectivity index is 2.04. The molecule has 1 atom stereocenters. The Kier molecular flexibility index (Phi) is 3.74. The van der Waals surface area contributed by atoms with Gasteiger partial charge >= 0.3 is 0 Å². The molecule has 1 unspecified atom stereocenters. The fourth-order valence-corrected chi connectivity index (χ4v) is 1.98. The summed E-state index contributed by atoms with van der Waals surface area (Å²) in [6, 6.07) is 4.08. The predicted octanol–water partition coefficient (Wildman–Crippen LogP) is 1.78. The van der Waals surface area contributed by atoms with Crippen molar-refractivity contribution in [1.29, 1.82) is 0 Å². The molecule has 1 aromatic heterocycles. The zero-order valence-corrected chi connectivity index (χ0v) is 9.65. The summed E-state index contributed by atoms with van der Waals surface area (Å²) in [6.07, 6.45) is 6.76. The minimum absolute atomic E-state index is 0.143. The van der Waals surface area contributed by atoms with Crippen molar-refractivity contribution in [3.63, 3.8) is 0 Å². The summed E-state index contributed by atoms with van der Waals surface area (Å²) in [4.78, 5) is 4.19. The van der Waals surface area contributed by atoms with Crippen LogP contribution in [0.1, 0.15) is 37.3 Å². The normalized spacial score (nSPS) is 17.1. The van der Waals surface area contributed by atoms with E-state index in [1.54, 1.807) is 13.3 Å². The van der Waals surface area contributed by atoms with E-state index in [1.807, 2.05) is 12.1 Å². The molecule has 2 rings (SSSR count). The fraction of sp³-hybridized carbons (Fsp3) is 0.583. The van der Waals surface area contributed by atoms with Gasteiger partial charge in [-0.2, -0.15) is 0 Å². The standard InChI is InChI=1S/C12H19N3O/c1-16-12-10(3-2-8-14-12)11(15-13)7-6-9-4-5-9/h2-3,8-9,11,15H,4-7,13H2,1H3. The first-order valence-corrected chi connectivity index (χ1v) is 5.80. The lowest BCUT2D eigenvalue weighted by Gasteiger charge is -2.17. The molecule has 1 fully saturated rings. The van der Waals surface area contributed by atoms with Crippen LogP contribution in [0, 0.1) is 5.92 Å². The van der Waals surface area contributed by atoms with Crippen LogP contribution in [0.5, 0.6) is 5.88 Å². The van der Waals surface area contributed by atoms with E-state index in [4.69, 9.17) is 10.6 Å². The first kappa shape index (κ1) is 11.4. The van der Waals surface area contributed by atoms with Crippen LogP contribution >= 0.6 is 0 Å². The number of hydrogen-bond acceptors (Lipinski definition) is 4. The molecule has 16 heavy (non-hydrogen) atoms. The number of ether oxygens (including phenoxy) is 1. The second-order valence-electron chi connectivity index (χ2n) is 4.34. The van der Waals surface area contributed by atoms with Gasteiger partial charge in [0.25, 0.3) is 0 Å². The fourth-order valence-electron chi connectivity index (χ4n) is 1.98. The van der Waals surface area contributed by atoms with E-state index in [1.165, 1.54) is 19.3 Å². The van der Waals surface area contributed by atoms with Crippen molar-refractivity contribution in [2.45, 2.75) is 31.7 Å². The third-order valence-corrected chi connectivity index (χ3v) is 3.13. The smallest absolute Gasteiger partial charge is 0.217 e. The number of pyridine rings is 1. The van der Waals surface area contributed by atoms with Crippen LogP contribution in [0.3, 0.4) is 0 Å². The molecular formula is C12H19N3O. The Morgan fingerprint density at radius 2 is 2.44 bits per heavy atom. The Hall–Kier alpha value is -1.13. The second-order valence-corrected chi connectivity index (χ2v) is 4.34. The maximum absolute atomic E-state index is 5.60. The number of nitrogens with one attached hydrogen (secondary N) is 1. The van der Waals surface area contributed by atoms with Crippen molar-refractivity contribution < 1.29 is 4.74 Å². The highest BCUT2D eigenvalue weighted by Crippen LogP contribution is 2.36. The Morgan fingerprint density at radius 1 is 1.62 bits per heavy atom. The highest BCUT2D eigenvalue weighted by Gasteiger charge is 2.23. The molecule has 1 aliphatic carbocycles. The number of methoxy groups -OCH3 is 1. The van der Waals surface area contributed by atoms with Crippen LogP contribution in [-0.4, -0.2) is 12.1 Å². The van der Waals surface area contributed by atoms with E-state index >= 15 is 0 Å². The van der Waals surface area contributed by atoms with E-state index < -0.39 is 0 Å². The van der Waals surface area contributed by atoms with Crippen molar-refractivity contribution in [2.24, 2.45) is 11.8 Å². The average Bonchev–Trinajstić information content (AvgIpc) is 3.14. The summed E-state index contributed by atoms with van der Waals surface area (Å²) in [6.45, 7) is 0. The number of nitrogens with two attached hydrogens (primary N) is 1. The van der Waals surface area contributed by atoms with E-state index in [0.717, 1.165) is 17.9 Å². The van der Waals surface area contributed by atoms with Gasteiger partial charge < -0.3 is 4.74 Å². The van der Waals surface area contributed by atoms with Crippen molar-refractivity contribution in [2.75, 3.05) is 7.11 Å². The van der Waals surface area contributed by atoms with Crippen molar-refractivity contribution in [3.8, 4) is 5.88 Å². The summed E-state index contributed by atoms with van der Waals surface area (Å²) in [5.74, 6) is 7.18. The minimum Gasteiger partial charge on any atom is -0.481 e. The summed E-state index contributed by atoms with van der Waals surface area (Å²) in [5.41, 5.74) is 3.91. The molecule has 0 radical (unpaired) electrons. The van der Waals surface area contributed by atoms with Crippen LogP contribution in [0.2, 0.25) is 0 Å². The van der Waals surface area contributed by atoms with E-state index in [0.29, 0.717) is 5.88 Å². The molecule has 1 aromatic rings. The molecule has 0 bridgehead atoms. The van der Waals surface area contributed by atoms with Crippen molar-refractivity contribution in [1.82, 2.24) is 10.4 Å². The molecule has 4 nitrogen and oxygen atoms in total. The molecule has 1 saturated carbocycles. The summed E-state index contributed by atoms with van der Waals surface area (Å²) in [5, 5.41) is 0. The van der Waals surface area contributed by atoms with Crippen LogP contribution in [0.4, 0.5) is 0 Å². The third-order valence-electron chi connectivity index (χ3n) is 3.13. The highest BCUT2D eigenvalue weighted by molar-refractivity contribution is 5.28. The van der Waals surface area contributed by atoms with E-state index in [9.17, 15) is 0 Å². The maximum Gasteiger partial charge on any atom is 0.217 e. The zero-order valence-electron chi connectivity index (χ0n) is 9.65. The molecule has 0 saturated heterocycles. The predicted molar refractivity (Wildman–Crippen MR) is 62.8 cm³/mol. The number of hydrogen-bond donors (Lipinski definition) is 2. The molecule has 3 N–H and O–H groups in total. The molecule has 0 amide bonds.